The van der Waals surface area contributed by atoms with Crippen molar-refractivity contribution < 1.29 is 33.8 Å². The summed E-state index contributed by atoms with van der Waals surface area (Å²) in [5.41, 5.74) is 1.35. The number of aliphatic hydroxyl groups excluding tert-OH is 1. The van der Waals surface area contributed by atoms with Gasteiger partial charge >= 0.3 is 0 Å². The zero-order valence-electron chi connectivity index (χ0n) is 16.0. The van der Waals surface area contributed by atoms with Gasteiger partial charge in [0, 0.05) is 13.0 Å². The van der Waals surface area contributed by atoms with Crippen molar-refractivity contribution in [1.82, 2.24) is 10.2 Å². The fourth-order valence-electron chi connectivity index (χ4n) is 3.54. The first-order valence-corrected chi connectivity index (χ1v) is 9.64. The van der Waals surface area contributed by atoms with E-state index in [1.54, 1.807) is 18.2 Å². The highest BCUT2D eigenvalue weighted by Gasteiger charge is 2.45. The minimum Gasteiger partial charge on any atom is -0.394 e. The highest BCUT2D eigenvalue weighted by Crippen LogP contribution is 2.30. The summed E-state index contributed by atoms with van der Waals surface area (Å²) < 4.78 is 10.6. The van der Waals surface area contributed by atoms with Crippen molar-refractivity contribution in [2.24, 2.45) is 0 Å². The molecule has 156 valence electrons. The Labute approximate surface area is 168 Å². The summed E-state index contributed by atoms with van der Waals surface area (Å²) in [5, 5.41) is 10.8. The van der Waals surface area contributed by atoms with Gasteiger partial charge in [-0.25, -0.2) is 0 Å². The molecule has 1 fully saturated rings. The number of piperidine rings is 1. The van der Waals surface area contributed by atoms with Gasteiger partial charge in [0.15, 0.2) is 0 Å². The second kappa shape index (κ2) is 9.73. The van der Waals surface area contributed by atoms with Gasteiger partial charge < -0.3 is 14.6 Å². The summed E-state index contributed by atoms with van der Waals surface area (Å²) >= 11 is 0. The van der Waals surface area contributed by atoms with Gasteiger partial charge in [0.05, 0.1) is 37.6 Å². The van der Waals surface area contributed by atoms with Crippen LogP contribution >= 0.6 is 0 Å². The molecule has 1 aromatic rings. The van der Waals surface area contributed by atoms with E-state index in [1.165, 1.54) is 0 Å². The lowest BCUT2D eigenvalue weighted by Gasteiger charge is -2.27. The summed E-state index contributed by atoms with van der Waals surface area (Å²) in [6.07, 6.45) is 1.42. The molecule has 2 N–H and O–H groups in total. The number of benzene rings is 1. The lowest BCUT2D eigenvalue weighted by Crippen LogP contribution is -2.54. The Bertz CT molecular complexity index is 808. The van der Waals surface area contributed by atoms with Crippen LogP contribution in [-0.2, 0) is 25.5 Å². The molecule has 0 radical (unpaired) electrons. The molecule has 0 aromatic heterocycles. The van der Waals surface area contributed by atoms with Gasteiger partial charge in [0.2, 0.25) is 11.8 Å². The standard InChI is InChI=1S/C20H24N2O7/c23-8-10-29-12-11-28-9-2-4-13-3-1-5-14-17(13)20(27)22(19(14)26)15-6-7-16(24)21-18(15)25/h1,3,5,15,23H,2,4,6-12H2,(H,21,24,25). The average molecular weight is 404 g/mol. The zero-order chi connectivity index (χ0) is 20.8. The molecule has 4 amide bonds. The van der Waals surface area contributed by atoms with E-state index in [2.05, 4.69) is 5.32 Å². The maximum atomic E-state index is 13.0. The van der Waals surface area contributed by atoms with Crippen molar-refractivity contribution in [1.29, 1.82) is 0 Å². The van der Waals surface area contributed by atoms with Gasteiger partial charge in [-0.15, -0.1) is 0 Å². The largest absolute Gasteiger partial charge is 0.394 e. The van der Waals surface area contributed by atoms with E-state index < -0.39 is 29.7 Å². The van der Waals surface area contributed by atoms with Crippen molar-refractivity contribution in [3.05, 3.63) is 34.9 Å². The van der Waals surface area contributed by atoms with Crippen LogP contribution in [0.1, 0.15) is 45.5 Å². The maximum Gasteiger partial charge on any atom is 0.262 e. The molecule has 1 saturated heterocycles. The molecule has 1 aromatic carbocycles. The molecule has 1 atom stereocenters. The second-order valence-corrected chi connectivity index (χ2v) is 6.84. The number of hydrogen-bond donors (Lipinski definition) is 2. The van der Waals surface area contributed by atoms with E-state index in [-0.39, 0.29) is 31.6 Å². The van der Waals surface area contributed by atoms with E-state index in [1.807, 2.05) is 0 Å². The molecule has 0 saturated carbocycles. The molecule has 29 heavy (non-hydrogen) atoms. The number of hydrogen-bond acceptors (Lipinski definition) is 7. The van der Waals surface area contributed by atoms with Gasteiger partial charge in [0.25, 0.3) is 11.8 Å². The molecular weight excluding hydrogens is 380 g/mol. The van der Waals surface area contributed by atoms with E-state index in [0.29, 0.717) is 38.2 Å². The van der Waals surface area contributed by atoms with Crippen LogP contribution in [0.4, 0.5) is 0 Å². The molecule has 2 aliphatic rings. The number of aryl methyl sites for hydroxylation is 1. The minimum absolute atomic E-state index is 0.0261. The normalized spacial score (nSPS) is 18.9. The van der Waals surface area contributed by atoms with Gasteiger partial charge in [-0.3, -0.25) is 29.4 Å². The average Bonchev–Trinajstić information content (AvgIpc) is 2.95. The van der Waals surface area contributed by atoms with Crippen molar-refractivity contribution in [2.75, 3.05) is 33.0 Å². The van der Waals surface area contributed by atoms with Crippen molar-refractivity contribution in [3.63, 3.8) is 0 Å². The van der Waals surface area contributed by atoms with Gasteiger partial charge in [-0.05, 0) is 30.9 Å². The van der Waals surface area contributed by atoms with Crippen LogP contribution in [0.3, 0.4) is 0 Å². The Hall–Kier alpha value is -2.62. The molecule has 2 heterocycles. The summed E-state index contributed by atoms with van der Waals surface area (Å²) in [6, 6.07) is 4.13. The number of imide groups is 2. The maximum absolute atomic E-state index is 13.0. The number of aliphatic hydroxyl groups is 1. The minimum atomic E-state index is -0.963. The Kier molecular flexibility index (Phi) is 7.08. The summed E-state index contributed by atoms with van der Waals surface area (Å²) in [4.78, 5) is 50.2. The summed E-state index contributed by atoms with van der Waals surface area (Å²) in [5.74, 6) is -2.01. The third kappa shape index (κ3) is 4.69. The Morgan fingerprint density at radius 3 is 2.52 bits per heavy atom. The van der Waals surface area contributed by atoms with Crippen LogP contribution in [0, 0.1) is 0 Å². The number of rotatable bonds is 10. The Morgan fingerprint density at radius 1 is 1.03 bits per heavy atom. The molecule has 0 bridgehead atoms. The number of nitrogens with zero attached hydrogens (tertiary/aromatic N) is 1. The first-order valence-electron chi connectivity index (χ1n) is 9.64. The van der Waals surface area contributed by atoms with Crippen LogP contribution in [-0.4, -0.2) is 72.7 Å². The smallest absolute Gasteiger partial charge is 0.262 e. The van der Waals surface area contributed by atoms with E-state index in [9.17, 15) is 19.2 Å². The van der Waals surface area contributed by atoms with Crippen LogP contribution in [0.5, 0.6) is 0 Å². The Morgan fingerprint density at radius 2 is 1.79 bits per heavy atom. The number of carbonyl (C=O) groups is 4. The first kappa shape index (κ1) is 21.1. The number of amides is 4. The van der Waals surface area contributed by atoms with E-state index in [0.717, 1.165) is 10.5 Å². The molecule has 0 aliphatic carbocycles. The van der Waals surface area contributed by atoms with Gasteiger partial charge in [-0.1, -0.05) is 12.1 Å². The number of ether oxygens (including phenoxy) is 2. The SMILES string of the molecule is O=C1CCC(N2C(=O)c3cccc(CCCOCCOCCO)c3C2=O)C(=O)N1. The lowest BCUT2D eigenvalue weighted by molar-refractivity contribution is -0.136. The van der Waals surface area contributed by atoms with Crippen molar-refractivity contribution >= 4 is 23.6 Å². The predicted molar refractivity (Wildman–Crippen MR) is 100 cm³/mol. The topological polar surface area (TPSA) is 122 Å². The van der Waals surface area contributed by atoms with Crippen LogP contribution in [0.15, 0.2) is 18.2 Å². The van der Waals surface area contributed by atoms with Crippen LogP contribution in [0.25, 0.3) is 0 Å². The Balaban J connectivity index is 1.61. The fraction of sp³-hybridized carbons (Fsp3) is 0.500. The zero-order valence-corrected chi connectivity index (χ0v) is 16.0. The molecule has 9 heteroatoms. The summed E-state index contributed by atoms with van der Waals surface area (Å²) in [6.45, 7) is 1.52. The predicted octanol–water partition coefficient (Wildman–Crippen LogP) is 0.0459. The number of nitrogens with one attached hydrogen (secondary N) is 1. The molecule has 3 rings (SSSR count). The van der Waals surface area contributed by atoms with Crippen LogP contribution < -0.4 is 5.32 Å². The molecular formula is C20H24N2O7. The van der Waals surface area contributed by atoms with Gasteiger partial charge in [-0.2, -0.15) is 0 Å². The highest BCUT2D eigenvalue weighted by atomic mass is 16.5. The fourth-order valence-corrected chi connectivity index (χ4v) is 3.54. The number of carbonyl (C=O) groups excluding carboxylic acids is 4. The number of fused-ring (bicyclic) bond motifs is 1. The van der Waals surface area contributed by atoms with E-state index >= 15 is 0 Å². The monoisotopic (exact) mass is 404 g/mol. The second-order valence-electron chi connectivity index (χ2n) is 6.84. The quantitative estimate of drug-likeness (QED) is 0.417. The molecule has 2 aliphatic heterocycles. The van der Waals surface area contributed by atoms with Crippen LogP contribution in [0.2, 0.25) is 0 Å². The van der Waals surface area contributed by atoms with Gasteiger partial charge in [0.1, 0.15) is 6.04 Å². The molecule has 1 unspecified atom stereocenters. The molecule has 0 spiro atoms. The van der Waals surface area contributed by atoms with E-state index in [4.69, 9.17) is 14.6 Å². The third-order valence-corrected chi connectivity index (χ3v) is 4.90. The lowest BCUT2D eigenvalue weighted by atomic mass is 9.99. The first-order chi connectivity index (χ1) is 14.0. The summed E-state index contributed by atoms with van der Waals surface area (Å²) in [7, 11) is 0. The molecule has 9 nitrogen and oxygen atoms in total. The van der Waals surface area contributed by atoms with Crippen molar-refractivity contribution in [2.45, 2.75) is 31.7 Å². The third-order valence-electron chi connectivity index (χ3n) is 4.90. The highest BCUT2D eigenvalue weighted by molar-refractivity contribution is 6.24. The van der Waals surface area contributed by atoms with Crippen molar-refractivity contribution in [3.8, 4) is 0 Å².